The van der Waals surface area contributed by atoms with Crippen molar-refractivity contribution in [3.8, 4) is 0 Å². The zero-order valence-corrected chi connectivity index (χ0v) is 7.25. The fraction of sp³-hybridized carbons (Fsp3) is 0.556. The van der Waals surface area contributed by atoms with Gasteiger partial charge in [-0.1, -0.05) is 5.16 Å². The average Bonchev–Trinajstić information content (AvgIpc) is 2.48. The van der Waals surface area contributed by atoms with Crippen LogP contribution in [0.15, 0.2) is 4.52 Å². The number of fused-ring (bicyclic) bond motifs is 1. The third kappa shape index (κ3) is 1.56. The van der Waals surface area contributed by atoms with E-state index in [1.165, 1.54) is 0 Å². The van der Waals surface area contributed by atoms with Gasteiger partial charge in [0, 0.05) is 5.56 Å². The molecule has 0 bridgehead atoms. The van der Waals surface area contributed by atoms with Gasteiger partial charge in [0.2, 0.25) is 0 Å². The molecular formula is C9H11NO3. The number of rotatable bonds is 2. The van der Waals surface area contributed by atoms with Crippen LogP contribution in [0.25, 0.3) is 0 Å². The molecule has 1 aliphatic carbocycles. The van der Waals surface area contributed by atoms with E-state index < -0.39 is 5.97 Å². The molecular weight excluding hydrogens is 170 g/mol. The van der Waals surface area contributed by atoms with Crippen LogP contribution in [-0.2, 0) is 24.1 Å². The molecule has 0 fully saturated rings. The van der Waals surface area contributed by atoms with Crippen LogP contribution in [0.1, 0.15) is 29.9 Å². The number of nitrogens with zero attached hydrogens (tertiary/aromatic N) is 1. The van der Waals surface area contributed by atoms with E-state index in [1.807, 2.05) is 0 Å². The van der Waals surface area contributed by atoms with E-state index >= 15 is 0 Å². The van der Waals surface area contributed by atoms with Crippen molar-refractivity contribution in [3.63, 3.8) is 0 Å². The van der Waals surface area contributed by atoms with Crippen molar-refractivity contribution >= 4 is 5.97 Å². The molecule has 0 amide bonds. The molecule has 1 aromatic heterocycles. The Morgan fingerprint density at radius 3 is 3.00 bits per heavy atom. The Bertz CT molecular complexity index is 330. The van der Waals surface area contributed by atoms with E-state index in [2.05, 4.69) is 5.16 Å². The third-order valence-corrected chi connectivity index (χ3v) is 2.35. The summed E-state index contributed by atoms with van der Waals surface area (Å²) in [6, 6.07) is 0. The van der Waals surface area contributed by atoms with Crippen LogP contribution in [0, 0.1) is 0 Å². The van der Waals surface area contributed by atoms with Crippen molar-refractivity contribution in [1.82, 2.24) is 5.16 Å². The Morgan fingerprint density at radius 1 is 1.46 bits per heavy atom. The summed E-state index contributed by atoms with van der Waals surface area (Å²) in [7, 11) is 0. The largest absolute Gasteiger partial charge is 0.481 e. The van der Waals surface area contributed by atoms with Crippen LogP contribution in [-0.4, -0.2) is 16.2 Å². The highest BCUT2D eigenvalue weighted by atomic mass is 16.5. The van der Waals surface area contributed by atoms with E-state index in [0.717, 1.165) is 36.9 Å². The summed E-state index contributed by atoms with van der Waals surface area (Å²) >= 11 is 0. The summed E-state index contributed by atoms with van der Waals surface area (Å²) in [5.41, 5.74) is 2.00. The maximum atomic E-state index is 10.5. The number of aromatic nitrogens is 1. The topological polar surface area (TPSA) is 63.3 Å². The highest BCUT2D eigenvalue weighted by molar-refractivity contribution is 5.69. The quantitative estimate of drug-likeness (QED) is 0.744. The maximum absolute atomic E-state index is 10.5. The lowest BCUT2D eigenvalue weighted by atomic mass is 9.95. The van der Waals surface area contributed by atoms with E-state index in [-0.39, 0.29) is 6.42 Å². The fourth-order valence-electron chi connectivity index (χ4n) is 1.73. The van der Waals surface area contributed by atoms with Crippen molar-refractivity contribution in [2.75, 3.05) is 0 Å². The monoisotopic (exact) mass is 181 g/mol. The molecule has 0 unspecified atom stereocenters. The Hall–Kier alpha value is -1.32. The Labute approximate surface area is 75.5 Å². The molecule has 0 aliphatic heterocycles. The first kappa shape index (κ1) is 8.29. The Morgan fingerprint density at radius 2 is 2.23 bits per heavy atom. The number of carboxylic acid groups (broad SMARTS) is 1. The predicted octanol–water partition coefficient (Wildman–Crippen LogP) is 1.18. The van der Waals surface area contributed by atoms with Crippen molar-refractivity contribution in [3.05, 3.63) is 17.0 Å². The lowest BCUT2D eigenvalue weighted by Crippen LogP contribution is -2.05. The summed E-state index contributed by atoms with van der Waals surface area (Å²) in [6.45, 7) is 0. The second kappa shape index (κ2) is 3.20. The summed E-state index contributed by atoms with van der Waals surface area (Å²) in [6.07, 6.45) is 4.05. The van der Waals surface area contributed by atoms with Crippen LogP contribution in [0.2, 0.25) is 0 Å². The predicted molar refractivity (Wildman–Crippen MR) is 44.5 cm³/mol. The lowest BCUT2D eigenvalue weighted by Gasteiger charge is -2.07. The summed E-state index contributed by atoms with van der Waals surface area (Å²) in [4.78, 5) is 10.5. The fourth-order valence-corrected chi connectivity index (χ4v) is 1.73. The van der Waals surface area contributed by atoms with Gasteiger partial charge < -0.3 is 9.63 Å². The molecule has 13 heavy (non-hydrogen) atoms. The second-order valence-corrected chi connectivity index (χ2v) is 3.31. The molecule has 1 aliphatic rings. The van der Waals surface area contributed by atoms with E-state index in [4.69, 9.17) is 9.63 Å². The zero-order chi connectivity index (χ0) is 9.26. The lowest BCUT2D eigenvalue weighted by molar-refractivity contribution is -0.136. The van der Waals surface area contributed by atoms with Gasteiger partial charge in [-0.25, -0.2) is 0 Å². The van der Waals surface area contributed by atoms with Gasteiger partial charge in [0.15, 0.2) is 5.76 Å². The molecule has 1 heterocycles. The first-order chi connectivity index (χ1) is 6.27. The van der Waals surface area contributed by atoms with Gasteiger partial charge in [-0.05, 0) is 25.7 Å². The maximum Gasteiger partial charge on any atom is 0.311 e. The van der Waals surface area contributed by atoms with Crippen LogP contribution >= 0.6 is 0 Å². The van der Waals surface area contributed by atoms with Crippen molar-refractivity contribution < 1.29 is 14.4 Å². The minimum Gasteiger partial charge on any atom is -0.481 e. The molecule has 4 heteroatoms. The third-order valence-electron chi connectivity index (χ3n) is 2.35. The highest BCUT2D eigenvalue weighted by Crippen LogP contribution is 2.23. The number of carbonyl (C=O) groups is 1. The smallest absolute Gasteiger partial charge is 0.311 e. The first-order valence-corrected chi connectivity index (χ1v) is 4.45. The van der Waals surface area contributed by atoms with Gasteiger partial charge in [-0.2, -0.15) is 0 Å². The molecule has 0 spiro atoms. The van der Waals surface area contributed by atoms with Gasteiger partial charge in [0.1, 0.15) is 6.42 Å². The molecule has 0 aromatic carbocycles. The SMILES string of the molecule is O=C(O)Cc1onc2c1CCCC2. The molecule has 0 saturated carbocycles. The minimum absolute atomic E-state index is 0.0394. The standard InChI is InChI=1S/C9H11NO3/c11-9(12)5-8-6-3-1-2-4-7(6)10-13-8/h1-5H2,(H,11,12). The van der Waals surface area contributed by atoms with E-state index in [1.54, 1.807) is 0 Å². The molecule has 0 radical (unpaired) electrons. The van der Waals surface area contributed by atoms with Crippen molar-refractivity contribution in [2.45, 2.75) is 32.1 Å². The van der Waals surface area contributed by atoms with Crippen LogP contribution < -0.4 is 0 Å². The van der Waals surface area contributed by atoms with Gasteiger partial charge in [0.05, 0.1) is 5.69 Å². The normalized spacial score (nSPS) is 15.4. The molecule has 0 atom stereocenters. The number of aryl methyl sites for hydroxylation is 1. The molecule has 1 N–H and O–H groups in total. The Kier molecular flexibility index (Phi) is 2.04. The summed E-state index contributed by atoms with van der Waals surface area (Å²) in [5.74, 6) is -0.313. The molecule has 4 nitrogen and oxygen atoms in total. The number of hydrogen-bond donors (Lipinski definition) is 1. The molecule has 0 saturated heterocycles. The average molecular weight is 181 g/mol. The number of carboxylic acids is 1. The Balaban J connectivity index is 2.26. The van der Waals surface area contributed by atoms with Crippen molar-refractivity contribution in [1.29, 1.82) is 0 Å². The van der Waals surface area contributed by atoms with Gasteiger partial charge >= 0.3 is 5.97 Å². The van der Waals surface area contributed by atoms with Gasteiger partial charge in [-0.3, -0.25) is 4.79 Å². The van der Waals surface area contributed by atoms with E-state index in [9.17, 15) is 4.79 Å². The molecule has 1 aromatic rings. The minimum atomic E-state index is -0.857. The van der Waals surface area contributed by atoms with E-state index in [0.29, 0.717) is 5.76 Å². The van der Waals surface area contributed by atoms with Gasteiger partial charge in [0.25, 0.3) is 0 Å². The second-order valence-electron chi connectivity index (χ2n) is 3.31. The summed E-state index contributed by atoms with van der Waals surface area (Å²) < 4.78 is 5.00. The van der Waals surface area contributed by atoms with Crippen LogP contribution in [0.4, 0.5) is 0 Å². The van der Waals surface area contributed by atoms with Gasteiger partial charge in [-0.15, -0.1) is 0 Å². The number of hydrogen-bond acceptors (Lipinski definition) is 3. The first-order valence-electron chi connectivity index (χ1n) is 4.45. The molecule has 70 valence electrons. The zero-order valence-electron chi connectivity index (χ0n) is 7.25. The van der Waals surface area contributed by atoms with Crippen LogP contribution in [0.5, 0.6) is 0 Å². The van der Waals surface area contributed by atoms with Crippen LogP contribution in [0.3, 0.4) is 0 Å². The number of aliphatic carboxylic acids is 1. The molecule has 2 rings (SSSR count). The van der Waals surface area contributed by atoms with Crippen molar-refractivity contribution in [2.24, 2.45) is 0 Å². The summed E-state index contributed by atoms with van der Waals surface area (Å²) in [5, 5.41) is 12.5. The highest BCUT2D eigenvalue weighted by Gasteiger charge is 2.20.